The van der Waals surface area contributed by atoms with E-state index in [1.54, 1.807) is 0 Å². The highest BCUT2D eigenvalue weighted by Gasteiger charge is 2.49. The molecule has 1 fully saturated rings. The molecule has 2 heterocycles. The minimum atomic E-state index is -0.740. The maximum absolute atomic E-state index is 12.9. The molecule has 1 saturated heterocycles. The van der Waals surface area contributed by atoms with Crippen LogP contribution in [0.1, 0.15) is 68.2 Å². The average Bonchev–Trinajstić information content (AvgIpc) is 2.55. The number of hydrogen-bond acceptors (Lipinski definition) is 5. The van der Waals surface area contributed by atoms with E-state index in [-0.39, 0.29) is 11.9 Å². The third-order valence-electron chi connectivity index (χ3n) is 5.45. The smallest absolute Gasteiger partial charge is 0.249 e. The highest BCUT2D eigenvalue weighted by atomic mass is 16.5. The number of hydrogen-bond donors (Lipinski definition) is 3. The Morgan fingerprint density at radius 1 is 1.00 bits per heavy atom. The SMILES string of the molecule is CC1(C)C=C(C(=O)NC2CC(C)(C)N(O)C(C)(C)C2)C(C)(C)N1O. The molecule has 2 rings (SSSR count). The van der Waals surface area contributed by atoms with Crippen molar-refractivity contribution in [2.45, 2.75) is 96.4 Å². The van der Waals surface area contributed by atoms with Gasteiger partial charge in [0.2, 0.25) is 5.91 Å². The second-order valence-corrected chi connectivity index (χ2v) is 9.60. The molecular weight excluding hydrogens is 306 g/mol. The van der Waals surface area contributed by atoms with Crippen LogP contribution in [0.2, 0.25) is 0 Å². The zero-order valence-electron chi connectivity index (χ0n) is 16.3. The molecule has 6 heteroatoms. The van der Waals surface area contributed by atoms with Crippen LogP contribution in [0.5, 0.6) is 0 Å². The van der Waals surface area contributed by atoms with Crippen LogP contribution >= 0.6 is 0 Å². The Kier molecular flexibility index (Phi) is 4.46. The Labute approximate surface area is 145 Å². The molecule has 0 bridgehead atoms. The number of nitrogens with one attached hydrogen (secondary N) is 1. The first-order valence-electron chi connectivity index (χ1n) is 8.64. The monoisotopic (exact) mass is 339 g/mol. The summed E-state index contributed by atoms with van der Waals surface area (Å²) in [5.41, 5.74) is -1.57. The molecule has 3 N–H and O–H groups in total. The Morgan fingerprint density at radius 2 is 1.46 bits per heavy atom. The van der Waals surface area contributed by atoms with Crippen LogP contribution in [0, 0.1) is 0 Å². The van der Waals surface area contributed by atoms with Gasteiger partial charge in [-0.15, -0.1) is 0 Å². The quantitative estimate of drug-likeness (QED) is 0.721. The Balaban J connectivity index is 2.19. The first-order valence-corrected chi connectivity index (χ1v) is 8.64. The predicted molar refractivity (Wildman–Crippen MR) is 92.8 cm³/mol. The first kappa shape index (κ1) is 19.4. The van der Waals surface area contributed by atoms with Crippen molar-refractivity contribution in [2.75, 3.05) is 0 Å². The number of nitrogens with zero attached hydrogens (tertiary/aromatic N) is 2. The fraction of sp³-hybridized carbons (Fsp3) is 0.833. The topological polar surface area (TPSA) is 76.0 Å². The van der Waals surface area contributed by atoms with Crippen molar-refractivity contribution in [3.63, 3.8) is 0 Å². The van der Waals surface area contributed by atoms with Crippen LogP contribution in [0.4, 0.5) is 0 Å². The molecule has 0 radical (unpaired) electrons. The number of piperidine rings is 1. The third kappa shape index (κ3) is 3.12. The number of hydroxylamine groups is 4. The standard InChI is InChI=1S/C18H33N3O3/c1-15(2)9-12(10-16(3,4)20(15)23)19-14(22)13-11-17(5,6)21(24)18(13,7)8/h11-12,23-24H,9-10H2,1-8H3,(H,19,22). The molecule has 0 saturated carbocycles. The Morgan fingerprint density at radius 3 is 1.83 bits per heavy atom. The highest BCUT2D eigenvalue weighted by molar-refractivity contribution is 5.96. The van der Waals surface area contributed by atoms with Gasteiger partial charge in [-0.3, -0.25) is 4.79 Å². The van der Waals surface area contributed by atoms with Crippen LogP contribution in [-0.4, -0.2) is 54.6 Å². The van der Waals surface area contributed by atoms with Gasteiger partial charge in [0.25, 0.3) is 0 Å². The van der Waals surface area contributed by atoms with E-state index in [1.165, 1.54) is 10.1 Å². The van der Waals surface area contributed by atoms with E-state index < -0.39 is 22.2 Å². The zero-order chi connectivity index (χ0) is 18.7. The van der Waals surface area contributed by atoms with Crippen LogP contribution in [0.25, 0.3) is 0 Å². The van der Waals surface area contributed by atoms with Gasteiger partial charge in [0.1, 0.15) is 0 Å². The summed E-state index contributed by atoms with van der Waals surface area (Å²) in [5.74, 6) is -0.146. The van der Waals surface area contributed by atoms with E-state index >= 15 is 0 Å². The van der Waals surface area contributed by atoms with Gasteiger partial charge >= 0.3 is 0 Å². The number of carbonyl (C=O) groups excluding carboxylic acids is 1. The van der Waals surface area contributed by atoms with Crippen molar-refractivity contribution in [3.8, 4) is 0 Å². The molecule has 0 aliphatic carbocycles. The number of carbonyl (C=O) groups is 1. The molecule has 0 unspecified atom stereocenters. The minimum absolute atomic E-state index is 0.0292. The van der Waals surface area contributed by atoms with Crippen LogP contribution in [0.3, 0.4) is 0 Å². The van der Waals surface area contributed by atoms with Gasteiger partial charge in [0.05, 0.1) is 11.1 Å². The maximum Gasteiger partial charge on any atom is 0.249 e. The van der Waals surface area contributed by atoms with Crippen LogP contribution < -0.4 is 5.32 Å². The number of rotatable bonds is 2. The lowest BCUT2D eigenvalue weighted by Crippen LogP contribution is -2.63. The summed E-state index contributed by atoms with van der Waals surface area (Å²) in [5, 5.41) is 26.5. The molecule has 2 aliphatic rings. The second kappa shape index (κ2) is 5.53. The van der Waals surface area contributed by atoms with Gasteiger partial charge in [-0.2, -0.15) is 10.1 Å². The molecule has 2 aliphatic heterocycles. The number of amides is 1. The van der Waals surface area contributed by atoms with Gasteiger partial charge < -0.3 is 15.7 Å². The molecule has 1 amide bonds. The van der Waals surface area contributed by atoms with E-state index in [9.17, 15) is 15.2 Å². The van der Waals surface area contributed by atoms with Crippen molar-refractivity contribution < 1.29 is 15.2 Å². The van der Waals surface area contributed by atoms with Gasteiger partial charge in [0, 0.05) is 22.7 Å². The Bertz CT molecular complexity index is 546. The summed E-state index contributed by atoms with van der Waals surface area (Å²) in [6.45, 7) is 15.4. The molecule has 24 heavy (non-hydrogen) atoms. The molecule has 138 valence electrons. The summed E-state index contributed by atoms with van der Waals surface area (Å²) in [6.07, 6.45) is 3.16. The summed E-state index contributed by atoms with van der Waals surface area (Å²) >= 11 is 0. The summed E-state index contributed by atoms with van der Waals surface area (Å²) in [6, 6.07) is -0.0292. The van der Waals surface area contributed by atoms with Crippen molar-refractivity contribution in [3.05, 3.63) is 11.6 Å². The summed E-state index contributed by atoms with van der Waals surface area (Å²) < 4.78 is 0. The van der Waals surface area contributed by atoms with Crippen LogP contribution in [0.15, 0.2) is 11.6 Å². The lowest BCUT2D eigenvalue weighted by molar-refractivity contribution is -0.246. The maximum atomic E-state index is 12.9. The van der Waals surface area contributed by atoms with Crippen LogP contribution in [-0.2, 0) is 4.79 Å². The van der Waals surface area contributed by atoms with Crippen molar-refractivity contribution in [1.29, 1.82) is 0 Å². The van der Waals surface area contributed by atoms with Crippen molar-refractivity contribution in [2.24, 2.45) is 0 Å². The van der Waals surface area contributed by atoms with E-state index in [0.717, 1.165) is 0 Å². The average molecular weight is 339 g/mol. The van der Waals surface area contributed by atoms with E-state index in [1.807, 2.05) is 61.5 Å². The Hall–Kier alpha value is -0.950. The zero-order valence-corrected chi connectivity index (χ0v) is 16.3. The van der Waals surface area contributed by atoms with Gasteiger partial charge in [-0.1, -0.05) is 6.08 Å². The molecule has 0 aromatic heterocycles. The van der Waals surface area contributed by atoms with Gasteiger partial charge in [0.15, 0.2) is 0 Å². The van der Waals surface area contributed by atoms with Crippen molar-refractivity contribution >= 4 is 5.91 Å². The predicted octanol–water partition coefficient (Wildman–Crippen LogP) is 2.70. The fourth-order valence-corrected chi connectivity index (χ4v) is 4.40. The second-order valence-electron chi connectivity index (χ2n) is 9.60. The highest BCUT2D eigenvalue weighted by Crippen LogP contribution is 2.40. The molecule has 0 aromatic rings. The molecule has 0 aromatic carbocycles. The van der Waals surface area contributed by atoms with Gasteiger partial charge in [-0.25, -0.2) is 0 Å². The largest absolute Gasteiger partial charge is 0.349 e. The molecule has 0 atom stereocenters. The third-order valence-corrected chi connectivity index (χ3v) is 5.45. The molecule has 0 spiro atoms. The van der Waals surface area contributed by atoms with E-state index in [4.69, 9.17) is 0 Å². The first-order chi connectivity index (χ1) is 10.6. The fourth-order valence-electron chi connectivity index (χ4n) is 4.40. The van der Waals surface area contributed by atoms with E-state index in [2.05, 4.69) is 5.32 Å². The summed E-state index contributed by atoms with van der Waals surface area (Å²) in [7, 11) is 0. The van der Waals surface area contributed by atoms with Gasteiger partial charge in [-0.05, 0) is 68.2 Å². The normalized spacial score (nSPS) is 29.3. The molecular formula is C18H33N3O3. The van der Waals surface area contributed by atoms with E-state index in [0.29, 0.717) is 18.4 Å². The van der Waals surface area contributed by atoms with Crippen molar-refractivity contribution in [1.82, 2.24) is 15.4 Å². The lowest BCUT2D eigenvalue weighted by Gasteiger charge is -2.51. The molecule has 6 nitrogen and oxygen atoms in total. The summed E-state index contributed by atoms with van der Waals surface area (Å²) in [4.78, 5) is 12.9. The minimum Gasteiger partial charge on any atom is -0.349 e. The lowest BCUT2D eigenvalue weighted by atomic mass is 9.78.